The van der Waals surface area contributed by atoms with Gasteiger partial charge in [0.25, 0.3) is 0 Å². The van der Waals surface area contributed by atoms with Crippen molar-refractivity contribution in [3.63, 3.8) is 0 Å². The normalized spacial score (nSPS) is 21.3. The summed E-state index contributed by atoms with van der Waals surface area (Å²) < 4.78 is 29.4. The summed E-state index contributed by atoms with van der Waals surface area (Å²) in [5.41, 5.74) is 0.859. The Morgan fingerprint density at radius 3 is 2.81 bits per heavy atom. The lowest BCUT2D eigenvalue weighted by molar-refractivity contribution is 0.361. The van der Waals surface area contributed by atoms with Gasteiger partial charge in [-0.3, -0.25) is 0 Å². The van der Waals surface area contributed by atoms with Gasteiger partial charge < -0.3 is 9.84 Å². The van der Waals surface area contributed by atoms with Gasteiger partial charge in [-0.2, -0.15) is 4.98 Å². The monoisotopic (exact) mass is 371 g/mol. The van der Waals surface area contributed by atoms with Crippen molar-refractivity contribution >= 4 is 25.8 Å². The molecule has 112 valence electrons. The predicted molar refractivity (Wildman–Crippen MR) is 81.6 cm³/mol. The van der Waals surface area contributed by atoms with Crippen molar-refractivity contribution in [3.05, 3.63) is 34.6 Å². The minimum absolute atomic E-state index is 0.114. The van der Waals surface area contributed by atoms with Crippen LogP contribution < -0.4 is 5.32 Å². The van der Waals surface area contributed by atoms with E-state index in [1.165, 1.54) is 0 Å². The Hall–Kier alpha value is -1.25. The molecule has 3 rings (SSSR count). The highest BCUT2D eigenvalue weighted by Crippen LogP contribution is 2.19. The van der Waals surface area contributed by atoms with Gasteiger partial charge in [-0.05, 0) is 24.3 Å². The smallest absolute Gasteiger partial charge is 0.228 e. The molecule has 0 bridgehead atoms. The maximum atomic E-state index is 11.6. The SMILES string of the molecule is O=S1(=O)CCNC(Cc2nc(-c3ccc(Br)cc3)no2)C1. The Morgan fingerprint density at radius 1 is 1.33 bits per heavy atom. The minimum atomic E-state index is -2.96. The van der Waals surface area contributed by atoms with Crippen LogP contribution in [0, 0.1) is 0 Å². The molecule has 1 fully saturated rings. The zero-order valence-corrected chi connectivity index (χ0v) is 13.5. The lowest BCUT2D eigenvalue weighted by Crippen LogP contribution is -2.46. The van der Waals surface area contributed by atoms with Crippen LogP contribution in [0.1, 0.15) is 5.89 Å². The van der Waals surface area contributed by atoms with Crippen LogP contribution >= 0.6 is 15.9 Å². The largest absolute Gasteiger partial charge is 0.339 e. The molecule has 0 aliphatic carbocycles. The highest BCUT2D eigenvalue weighted by molar-refractivity contribution is 9.10. The fourth-order valence-electron chi connectivity index (χ4n) is 2.26. The van der Waals surface area contributed by atoms with Crippen LogP contribution in [0.5, 0.6) is 0 Å². The summed E-state index contributed by atoms with van der Waals surface area (Å²) in [6.07, 6.45) is 0.419. The van der Waals surface area contributed by atoms with Crippen molar-refractivity contribution in [1.82, 2.24) is 15.5 Å². The minimum Gasteiger partial charge on any atom is -0.339 e. The molecule has 21 heavy (non-hydrogen) atoms. The van der Waals surface area contributed by atoms with Crippen molar-refractivity contribution in [1.29, 1.82) is 0 Å². The molecular formula is C13H14BrN3O3S. The van der Waals surface area contributed by atoms with E-state index in [4.69, 9.17) is 4.52 Å². The lowest BCUT2D eigenvalue weighted by atomic mass is 10.2. The van der Waals surface area contributed by atoms with Gasteiger partial charge in [-0.1, -0.05) is 21.1 Å². The average molecular weight is 372 g/mol. The number of hydrogen-bond donors (Lipinski definition) is 1. The topological polar surface area (TPSA) is 85.1 Å². The van der Waals surface area contributed by atoms with E-state index in [1.807, 2.05) is 24.3 Å². The van der Waals surface area contributed by atoms with Crippen molar-refractivity contribution in [2.45, 2.75) is 12.5 Å². The second-order valence-corrected chi connectivity index (χ2v) is 8.13. The number of hydrogen-bond acceptors (Lipinski definition) is 6. The number of rotatable bonds is 3. The van der Waals surface area contributed by atoms with E-state index in [0.717, 1.165) is 10.0 Å². The highest BCUT2D eigenvalue weighted by Gasteiger charge is 2.26. The molecule has 1 atom stereocenters. The molecule has 1 saturated heterocycles. The maximum absolute atomic E-state index is 11.6. The summed E-state index contributed by atoms with van der Waals surface area (Å²) in [4.78, 5) is 4.32. The molecule has 0 amide bonds. The first-order chi connectivity index (χ1) is 10.0. The quantitative estimate of drug-likeness (QED) is 0.878. The van der Waals surface area contributed by atoms with Crippen LogP contribution in [-0.2, 0) is 16.3 Å². The Balaban J connectivity index is 1.72. The number of nitrogens with one attached hydrogen (secondary N) is 1. The molecule has 1 aliphatic rings. The molecule has 0 spiro atoms. The van der Waals surface area contributed by atoms with Crippen molar-refractivity contribution in [2.24, 2.45) is 0 Å². The van der Waals surface area contributed by atoms with Crippen molar-refractivity contribution < 1.29 is 12.9 Å². The third kappa shape index (κ3) is 3.69. The van der Waals surface area contributed by atoms with Crippen LogP contribution in [-0.4, -0.2) is 42.7 Å². The van der Waals surface area contributed by atoms with Crippen molar-refractivity contribution in [3.8, 4) is 11.4 Å². The highest BCUT2D eigenvalue weighted by atomic mass is 79.9. The second kappa shape index (κ2) is 5.86. The van der Waals surface area contributed by atoms with Crippen LogP contribution in [0.2, 0.25) is 0 Å². The van der Waals surface area contributed by atoms with Gasteiger partial charge in [0.15, 0.2) is 9.84 Å². The lowest BCUT2D eigenvalue weighted by Gasteiger charge is -2.21. The van der Waals surface area contributed by atoms with Gasteiger partial charge in [0.2, 0.25) is 11.7 Å². The van der Waals surface area contributed by atoms with E-state index in [-0.39, 0.29) is 17.5 Å². The van der Waals surface area contributed by atoms with Gasteiger partial charge in [0.1, 0.15) is 0 Å². The molecule has 1 N–H and O–H groups in total. The first-order valence-corrected chi connectivity index (χ1v) is 9.16. The molecule has 0 saturated carbocycles. The number of benzene rings is 1. The Labute approximate surface area is 131 Å². The Morgan fingerprint density at radius 2 is 2.10 bits per heavy atom. The molecule has 0 radical (unpaired) electrons. The van der Waals surface area contributed by atoms with Gasteiger partial charge in [-0.25, -0.2) is 8.42 Å². The van der Waals surface area contributed by atoms with Gasteiger partial charge in [0.05, 0.1) is 11.5 Å². The molecule has 1 aliphatic heterocycles. The summed E-state index contributed by atoms with van der Waals surface area (Å²) in [6, 6.07) is 7.42. The van der Waals surface area contributed by atoms with E-state index in [2.05, 4.69) is 31.4 Å². The molecular weight excluding hydrogens is 358 g/mol. The third-order valence-electron chi connectivity index (χ3n) is 3.29. The fraction of sp³-hybridized carbons (Fsp3) is 0.385. The van der Waals surface area contributed by atoms with Crippen LogP contribution in [0.25, 0.3) is 11.4 Å². The van der Waals surface area contributed by atoms with Gasteiger partial charge in [0, 0.05) is 29.0 Å². The third-order valence-corrected chi connectivity index (χ3v) is 5.56. The number of nitrogens with zero attached hydrogens (tertiary/aromatic N) is 2. The molecule has 1 unspecified atom stereocenters. The molecule has 6 nitrogen and oxygen atoms in total. The molecule has 2 heterocycles. The summed E-state index contributed by atoms with van der Waals surface area (Å²) in [6.45, 7) is 0.473. The molecule has 1 aromatic carbocycles. The van der Waals surface area contributed by atoms with Crippen LogP contribution in [0.4, 0.5) is 0 Å². The average Bonchev–Trinajstić information content (AvgIpc) is 2.87. The summed E-state index contributed by atoms with van der Waals surface area (Å²) in [7, 11) is -2.96. The number of halogens is 1. The van der Waals surface area contributed by atoms with Crippen molar-refractivity contribution in [2.75, 3.05) is 18.1 Å². The maximum Gasteiger partial charge on any atom is 0.228 e. The molecule has 2 aromatic rings. The number of sulfone groups is 1. The summed E-state index contributed by atoms with van der Waals surface area (Å²) in [5.74, 6) is 1.26. The summed E-state index contributed by atoms with van der Waals surface area (Å²) >= 11 is 3.37. The fourth-order valence-corrected chi connectivity index (χ4v) is 3.97. The number of aromatic nitrogens is 2. The molecule has 1 aromatic heterocycles. The van der Waals surface area contributed by atoms with E-state index in [1.54, 1.807) is 0 Å². The van der Waals surface area contributed by atoms with E-state index < -0.39 is 9.84 Å². The molecule has 8 heteroatoms. The Kier molecular flexibility index (Phi) is 4.10. The van der Waals surface area contributed by atoms with E-state index in [9.17, 15) is 8.42 Å². The second-order valence-electron chi connectivity index (χ2n) is 4.99. The van der Waals surface area contributed by atoms with Gasteiger partial charge in [-0.15, -0.1) is 0 Å². The zero-order chi connectivity index (χ0) is 14.9. The first-order valence-electron chi connectivity index (χ1n) is 6.54. The van der Waals surface area contributed by atoms with E-state index in [0.29, 0.717) is 24.7 Å². The zero-order valence-electron chi connectivity index (χ0n) is 11.1. The predicted octanol–water partition coefficient (Wildman–Crippen LogP) is 1.43. The Bertz CT molecular complexity index is 727. The first kappa shape index (κ1) is 14.7. The van der Waals surface area contributed by atoms with E-state index >= 15 is 0 Å². The standard InChI is InChI=1S/C13H14BrN3O3S/c14-10-3-1-9(2-4-10)13-16-12(20-17-13)7-11-8-21(18,19)6-5-15-11/h1-4,11,15H,5-8H2. The van der Waals surface area contributed by atoms with Crippen LogP contribution in [0.15, 0.2) is 33.3 Å². The summed E-state index contributed by atoms with van der Waals surface area (Å²) in [5, 5.41) is 7.11. The van der Waals surface area contributed by atoms with Crippen LogP contribution in [0.3, 0.4) is 0 Å². The van der Waals surface area contributed by atoms with Gasteiger partial charge >= 0.3 is 0 Å².